The van der Waals surface area contributed by atoms with Gasteiger partial charge < -0.3 is 16.6 Å². The number of aliphatic imine (C=N–C) groups is 1. The Morgan fingerprint density at radius 2 is 1.50 bits per heavy atom. The zero-order chi connectivity index (χ0) is 19.8. The number of nitrogens with zero attached hydrogens (tertiary/aromatic N) is 1. The van der Waals surface area contributed by atoms with Crippen LogP contribution in [0.4, 0.5) is 0 Å². The molecule has 0 heterocycles. The molecule has 0 saturated heterocycles. The quantitative estimate of drug-likeness (QED) is 0.0692. The number of aliphatic hydroxyl groups is 1. The van der Waals surface area contributed by atoms with Gasteiger partial charge in [-0.05, 0) is 12.8 Å². The van der Waals surface area contributed by atoms with E-state index >= 15 is 0 Å². The molecule has 0 amide bonds. The van der Waals surface area contributed by atoms with E-state index in [2.05, 4.69) is 16.8 Å². The molecule has 0 bridgehead atoms. The fourth-order valence-corrected chi connectivity index (χ4v) is 3.05. The lowest BCUT2D eigenvalue weighted by molar-refractivity contribution is -0.255. The fourth-order valence-electron chi connectivity index (χ4n) is 3.05. The first-order valence-corrected chi connectivity index (χ1v) is 9.78. The smallest absolute Gasteiger partial charge is 0.370 e. The van der Waals surface area contributed by atoms with Gasteiger partial charge in [0.15, 0.2) is 5.96 Å². The summed E-state index contributed by atoms with van der Waals surface area (Å²) in [7, 11) is 0. The van der Waals surface area contributed by atoms with E-state index in [0.717, 1.165) is 19.3 Å². The van der Waals surface area contributed by atoms with E-state index in [0.29, 0.717) is 12.8 Å². The first-order valence-electron chi connectivity index (χ1n) is 9.78. The van der Waals surface area contributed by atoms with Crippen molar-refractivity contribution in [2.24, 2.45) is 28.1 Å². The minimum Gasteiger partial charge on any atom is -0.370 e. The second kappa shape index (κ2) is 14.8. The first kappa shape index (κ1) is 24.6. The molecule has 0 spiro atoms. The summed E-state index contributed by atoms with van der Waals surface area (Å²) >= 11 is 0. The van der Waals surface area contributed by atoms with Crippen molar-refractivity contribution >= 4 is 11.9 Å². The monoisotopic (exact) mass is 374 g/mol. The first-order chi connectivity index (χ1) is 12.4. The number of unbranched alkanes of at least 4 members (excludes halogenated alkanes) is 9. The molecule has 0 aromatic rings. The lowest BCUT2D eigenvalue weighted by atomic mass is 9.87. The highest BCUT2D eigenvalue weighted by Crippen LogP contribution is 2.25. The molecule has 0 aliphatic rings. The van der Waals surface area contributed by atoms with Crippen LogP contribution >= 0.6 is 0 Å². The van der Waals surface area contributed by atoms with E-state index < -0.39 is 17.6 Å². The van der Waals surface area contributed by atoms with Crippen LogP contribution in [0.15, 0.2) is 4.99 Å². The molecule has 0 fully saturated rings. The zero-order valence-electron chi connectivity index (χ0n) is 16.2. The van der Waals surface area contributed by atoms with Gasteiger partial charge in [0, 0.05) is 12.5 Å². The molecule has 0 saturated carbocycles. The second-order valence-corrected chi connectivity index (χ2v) is 6.97. The summed E-state index contributed by atoms with van der Waals surface area (Å²) in [6, 6.07) is 0. The summed E-state index contributed by atoms with van der Waals surface area (Å²) in [5.41, 5.74) is 14.0. The summed E-state index contributed by atoms with van der Waals surface area (Å²) in [5.74, 6) is -1.92. The highest BCUT2D eigenvalue weighted by atomic mass is 17.1. The van der Waals surface area contributed by atoms with Crippen LogP contribution in [-0.4, -0.2) is 34.6 Å². The van der Waals surface area contributed by atoms with Crippen LogP contribution in [0.2, 0.25) is 0 Å². The molecular weight excluding hydrogens is 336 g/mol. The Morgan fingerprint density at radius 3 is 1.96 bits per heavy atom. The highest BCUT2D eigenvalue weighted by Gasteiger charge is 2.41. The predicted molar refractivity (Wildman–Crippen MR) is 103 cm³/mol. The molecule has 8 heteroatoms. The molecule has 154 valence electrons. The summed E-state index contributed by atoms with van der Waals surface area (Å²) in [5, 5.41) is 18.7. The lowest BCUT2D eigenvalue weighted by Gasteiger charge is -2.29. The SMILES string of the molecule is CCCCCCCCCCCCC(CCN=C(N)N)C(N)(O)C(=O)OO. The van der Waals surface area contributed by atoms with Gasteiger partial charge in [-0.2, -0.15) is 5.26 Å². The Morgan fingerprint density at radius 1 is 1.00 bits per heavy atom. The normalized spacial score (nSPS) is 14.5. The zero-order valence-corrected chi connectivity index (χ0v) is 16.2. The molecule has 8 N–H and O–H groups in total. The largest absolute Gasteiger partial charge is 0.388 e. The number of rotatable bonds is 16. The number of nitrogens with two attached hydrogens (primary N) is 3. The fraction of sp³-hybridized carbons (Fsp3) is 0.889. The van der Waals surface area contributed by atoms with Crippen LogP contribution < -0.4 is 17.2 Å². The third kappa shape index (κ3) is 11.3. The number of guanidine groups is 1. The Bertz CT molecular complexity index is 399. The molecular formula is C18H38N4O4. The molecule has 0 aromatic heterocycles. The average molecular weight is 375 g/mol. The van der Waals surface area contributed by atoms with Crippen molar-refractivity contribution in [2.75, 3.05) is 6.54 Å². The number of hydrogen-bond donors (Lipinski definition) is 5. The van der Waals surface area contributed by atoms with Crippen molar-refractivity contribution in [3.05, 3.63) is 0 Å². The van der Waals surface area contributed by atoms with E-state index in [1.165, 1.54) is 44.9 Å². The summed E-state index contributed by atoms with van der Waals surface area (Å²) in [6.45, 7) is 2.45. The van der Waals surface area contributed by atoms with Gasteiger partial charge in [0.25, 0.3) is 0 Å². The Hall–Kier alpha value is -1.38. The standard InChI is InChI=1S/C18H38N4O4/c1-2-3-4-5-6-7-8-9-10-11-12-15(13-14-22-17(19)20)18(21,24)16(23)26-25/h15,24-25H,2-14,21H2,1H3,(H4,19,20,22). The molecule has 0 rings (SSSR count). The highest BCUT2D eigenvalue weighted by molar-refractivity contribution is 5.78. The van der Waals surface area contributed by atoms with Gasteiger partial charge in [0.2, 0.25) is 5.72 Å². The van der Waals surface area contributed by atoms with Crippen molar-refractivity contribution < 1.29 is 20.0 Å². The van der Waals surface area contributed by atoms with Gasteiger partial charge in [-0.1, -0.05) is 71.1 Å². The van der Waals surface area contributed by atoms with Gasteiger partial charge >= 0.3 is 5.97 Å². The van der Waals surface area contributed by atoms with Crippen molar-refractivity contribution in [1.82, 2.24) is 0 Å². The van der Waals surface area contributed by atoms with Crippen molar-refractivity contribution in [2.45, 2.75) is 89.7 Å². The minimum absolute atomic E-state index is 0.0621. The van der Waals surface area contributed by atoms with Gasteiger partial charge in [-0.15, -0.1) is 0 Å². The van der Waals surface area contributed by atoms with E-state index in [1.807, 2.05) is 0 Å². The van der Waals surface area contributed by atoms with Crippen LogP contribution in [0.5, 0.6) is 0 Å². The van der Waals surface area contributed by atoms with Gasteiger partial charge in [-0.3, -0.25) is 15.6 Å². The van der Waals surface area contributed by atoms with E-state index in [9.17, 15) is 9.90 Å². The average Bonchev–Trinajstić information content (AvgIpc) is 2.60. The maximum absolute atomic E-state index is 11.5. The van der Waals surface area contributed by atoms with Crippen molar-refractivity contribution in [3.63, 3.8) is 0 Å². The van der Waals surface area contributed by atoms with Gasteiger partial charge in [0.05, 0.1) is 0 Å². The summed E-state index contributed by atoms with van der Waals surface area (Å²) < 4.78 is 0. The maximum atomic E-state index is 11.5. The summed E-state index contributed by atoms with van der Waals surface area (Å²) in [6.07, 6.45) is 12.7. The van der Waals surface area contributed by atoms with Crippen LogP contribution in [0, 0.1) is 5.92 Å². The Balaban J connectivity index is 4.15. The number of carbonyl (C=O) groups excluding carboxylic acids is 1. The molecule has 2 atom stereocenters. The van der Waals surface area contributed by atoms with Crippen LogP contribution in [0.3, 0.4) is 0 Å². The third-order valence-electron chi connectivity index (χ3n) is 4.71. The topological polar surface area (TPSA) is 157 Å². The van der Waals surface area contributed by atoms with Gasteiger partial charge in [0.1, 0.15) is 0 Å². The van der Waals surface area contributed by atoms with Crippen molar-refractivity contribution in [3.8, 4) is 0 Å². The minimum atomic E-state index is -2.26. The molecule has 0 aliphatic heterocycles. The second-order valence-electron chi connectivity index (χ2n) is 6.97. The molecule has 0 aliphatic carbocycles. The maximum Gasteiger partial charge on any atom is 0.388 e. The molecule has 26 heavy (non-hydrogen) atoms. The van der Waals surface area contributed by atoms with E-state index in [1.54, 1.807) is 0 Å². The number of carbonyl (C=O) groups is 1. The Kier molecular flexibility index (Phi) is 14.0. The van der Waals surface area contributed by atoms with E-state index in [-0.39, 0.29) is 12.5 Å². The number of hydrogen-bond acceptors (Lipinski definition) is 6. The molecule has 0 aromatic carbocycles. The summed E-state index contributed by atoms with van der Waals surface area (Å²) in [4.78, 5) is 19.0. The van der Waals surface area contributed by atoms with Gasteiger partial charge in [-0.25, -0.2) is 4.79 Å². The van der Waals surface area contributed by atoms with Crippen LogP contribution in [-0.2, 0) is 9.68 Å². The third-order valence-corrected chi connectivity index (χ3v) is 4.71. The molecule has 8 nitrogen and oxygen atoms in total. The van der Waals surface area contributed by atoms with Crippen LogP contribution in [0.25, 0.3) is 0 Å². The van der Waals surface area contributed by atoms with Crippen LogP contribution in [0.1, 0.15) is 84.0 Å². The Labute approximate surface area is 157 Å². The molecule has 0 radical (unpaired) electrons. The predicted octanol–water partition coefficient (Wildman–Crippen LogP) is 2.24. The van der Waals surface area contributed by atoms with E-state index in [4.69, 9.17) is 22.5 Å². The molecule has 2 unspecified atom stereocenters. The van der Waals surface area contributed by atoms with Crippen molar-refractivity contribution in [1.29, 1.82) is 0 Å². The lowest BCUT2D eigenvalue weighted by Crippen LogP contribution is -2.55.